The molecule has 0 saturated carbocycles. The molecule has 4 nitrogen and oxygen atoms in total. The zero-order valence-electron chi connectivity index (χ0n) is 15.2. The molecular weight excluding hydrogens is 506 g/mol. The number of aromatic hydroxyl groups is 1. The van der Waals surface area contributed by atoms with Crippen molar-refractivity contribution in [2.24, 2.45) is 4.99 Å². The quantitative estimate of drug-likeness (QED) is 0.293. The number of rotatable bonds is 5. The van der Waals surface area contributed by atoms with E-state index in [0.717, 1.165) is 21.2 Å². The van der Waals surface area contributed by atoms with Crippen molar-refractivity contribution in [3.05, 3.63) is 67.4 Å². The van der Waals surface area contributed by atoms with Crippen LogP contribution < -0.4 is 0 Å². The maximum Gasteiger partial charge on any atom is 0.341 e. The van der Waals surface area contributed by atoms with Crippen LogP contribution in [0.25, 0.3) is 11.1 Å². The molecule has 3 aromatic rings. The highest BCUT2D eigenvalue weighted by Crippen LogP contribution is 2.38. The summed E-state index contributed by atoms with van der Waals surface area (Å²) in [6, 6.07) is 11.5. The summed E-state index contributed by atoms with van der Waals surface area (Å²) in [6.07, 6.45) is 1.54. The van der Waals surface area contributed by atoms with Crippen LogP contribution in [0.5, 0.6) is 5.75 Å². The van der Waals surface area contributed by atoms with E-state index in [2.05, 4.69) is 36.9 Å². The van der Waals surface area contributed by atoms with Gasteiger partial charge < -0.3 is 9.84 Å². The van der Waals surface area contributed by atoms with Crippen molar-refractivity contribution < 1.29 is 14.6 Å². The van der Waals surface area contributed by atoms with E-state index in [4.69, 9.17) is 4.74 Å². The van der Waals surface area contributed by atoms with Gasteiger partial charge in [0, 0.05) is 27.2 Å². The van der Waals surface area contributed by atoms with E-state index in [-0.39, 0.29) is 12.4 Å². The molecule has 0 unspecified atom stereocenters. The lowest BCUT2D eigenvalue weighted by Crippen LogP contribution is -2.05. The topological polar surface area (TPSA) is 58.9 Å². The van der Waals surface area contributed by atoms with Gasteiger partial charge in [-0.05, 0) is 47.5 Å². The molecule has 0 saturated heterocycles. The number of nitrogens with zero attached hydrogens (tertiary/aromatic N) is 1. The smallest absolute Gasteiger partial charge is 0.341 e. The first-order chi connectivity index (χ1) is 13.4. The Kier molecular flexibility index (Phi) is 6.69. The lowest BCUT2D eigenvalue weighted by Gasteiger charge is -2.06. The van der Waals surface area contributed by atoms with E-state index in [1.165, 1.54) is 11.3 Å². The van der Waals surface area contributed by atoms with Gasteiger partial charge in [-0.3, -0.25) is 0 Å². The average Bonchev–Trinajstić information content (AvgIpc) is 3.08. The first kappa shape index (κ1) is 20.8. The Morgan fingerprint density at radius 3 is 2.64 bits per heavy atom. The third-order valence-corrected chi connectivity index (χ3v) is 5.94. The number of carbonyl (C=O) groups excluding carboxylic acids is 1. The fourth-order valence-electron chi connectivity index (χ4n) is 2.60. The molecule has 0 bridgehead atoms. The molecule has 144 valence electrons. The normalized spacial score (nSPS) is 11.1. The van der Waals surface area contributed by atoms with E-state index < -0.39 is 5.97 Å². The Balaban J connectivity index is 2.06. The van der Waals surface area contributed by atoms with Crippen LogP contribution in [0, 0.1) is 6.92 Å². The van der Waals surface area contributed by atoms with Crippen LogP contribution in [0.3, 0.4) is 0 Å². The van der Waals surface area contributed by atoms with Crippen molar-refractivity contribution in [3.63, 3.8) is 0 Å². The van der Waals surface area contributed by atoms with Gasteiger partial charge in [0.15, 0.2) is 0 Å². The van der Waals surface area contributed by atoms with Gasteiger partial charge in [-0.1, -0.05) is 45.8 Å². The number of thiophene rings is 1. The Hall–Kier alpha value is -1.96. The molecule has 0 radical (unpaired) electrons. The lowest BCUT2D eigenvalue weighted by atomic mass is 10.0. The van der Waals surface area contributed by atoms with Gasteiger partial charge in [-0.25, -0.2) is 9.79 Å². The van der Waals surface area contributed by atoms with Crippen LogP contribution in [0.4, 0.5) is 5.00 Å². The molecule has 0 aliphatic carbocycles. The molecule has 0 aliphatic heterocycles. The third-order valence-electron chi connectivity index (χ3n) is 3.99. The molecule has 0 atom stereocenters. The number of carbonyl (C=O) groups is 1. The zero-order chi connectivity index (χ0) is 20.3. The standard InChI is InChI=1S/C21H17Br2NO3S/c1-3-27-21(26)18-16(13-6-4-12(2)5-7-13)11-28-20(18)24-10-14-8-15(22)9-17(23)19(14)25/h4-11,25H,3H2,1-2H3/b24-10+. The predicted octanol–water partition coefficient (Wildman–Crippen LogP) is 6.88. The number of aryl methyl sites for hydroxylation is 1. The second-order valence-electron chi connectivity index (χ2n) is 6.00. The highest BCUT2D eigenvalue weighted by Gasteiger charge is 2.21. The molecule has 28 heavy (non-hydrogen) atoms. The van der Waals surface area contributed by atoms with Crippen molar-refractivity contribution in [3.8, 4) is 16.9 Å². The number of aliphatic imine (C=N–C) groups is 1. The highest BCUT2D eigenvalue weighted by atomic mass is 79.9. The summed E-state index contributed by atoms with van der Waals surface area (Å²) in [5.74, 6) is -0.328. The summed E-state index contributed by atoms with van der Waals surface area (Å²) >= 11 is 8.07. The van der Waals surface area contributed by atoms with Gasteiger partial charge in [-0.15, -0.1) is 11.3 Å². The zero-order valence-corrected chi connectivity index (χ0v) is 19.2. The van der Waals surface area contributed by atoms with E-state index in [0.29, 0.717) is 20.6 Å². The number of hydrogen-bond donors (Lipinski definition) is 1. The fourth-order valence-corrected chi connectivity index (χ4v) is 4.77. The number of phenols is 1. The van der Waals surface area contributed by atoms with E-state index >= 15 is 0 Å². The number of halogens is 2. The molecule has 0 spiro atoms. The second kappa shape index (κ2) is 9.03. The van der Waals surface area contributed by atoms with Crippen molar-refractivity contribution >= 4 is 60.4 Å². The van der Waals surface area contributed by atoms with Gasteiger partial charge in [-0.2, -0.15) is 0 Å². The van der Waals surface area contributed by atoms with Gasteiger partial charge in [0.25, 0.3) is 0 Å². The maximum atomic E-state index is 12.6. The van der Waals surface area contributed by atoms with Gasteiger partial charge >= 0.3 is 5.97 Å². The summed E-state index contributed by atoms with van der Waals surface area (Å²) in [6.45, 7) is 4.07. The number of benzene rings is 2. The first-order valence-electron chi connectivity index (χ1n) is 8.48. The molecule has 0 fully saturated rings. The van der Waals surface area contributed by atoms with Crippen LogP contribution in [0.1, 0.15) is 28.4 Å². The summed E-state index contributed by atoms with van der Waals surface area (Å²) < 4.78 is 6.61. The van der Waals surface area contributed by atoms with Crippen molar-refractivity contribution in [2.75, 3.05) is 6.61 Å². The van der Waals surface area contributed by atoms with Gasteiger partial charge in [0.05, 0.1) is 11.1 Å². The molecule has 1 N–H and O–H groups in total. The monoisotopic (exact) mass is 521 g/mol. The minimum Gasteiger partial charge on any atom is -0.506 e. The number of hydrogen-bond acceptors (Lipinski definition) is 5. The van der Waals surface area contributed by atoms with Crippen LogP contribution in [-0.2, 0) is 4.74 Å². The highest BCUT2D eigenvalue weighted by molar-refractivity contribution is 9.11. The number of esters is 1. The summed E-state index contributed by atoms with van der Waals surface area (Å²) in [4.78, 5) is 17.1. The van der Waals surface area contributed by atoms with Crippen LogP contribution in [-0.4, -0.2) is 23.9 Å². The van der Waals surface area contributed by atoms with Crippen LogP contribution in [0.15, 0.2) is 55.7 Å². The lowest BCUT2D eigenvalue weighted by molar-refractivity contribution is 0.0529. The van der Waals surface area contributed by atoms with E-state index in [9.17, 15) is 9.90 Å². The summed E-state index contributed by atoms with van der Waals surface area (Å²) in [7, 11) is 0. The number of ether oxygens (including phenoxy) is 1. The number of phenolic OH excluding ortho intramolecular Hbond substituents is 1. The summed E-state index contributed by atoms with van der Waals surface area (Å²) in [5.41, 5.74) is 3.82. The first-order valence-corrected chi connectivity index (χ1v) is 10.9. The van der Waals surface area contributed by atoms with Crippen molar-refractivity contribution in [2.45, 2.75) is 13.8 Å². The molecule has 3 rings (SSSR count). The minimum atomic E-state index is -0.411. The van der Waals surface area contributed by atoms with Crippen molar-refractivity contribution in [1.82, 2.24) is 0 Å². The van der Waals surface area contributed by atoms with E-state index in [1.54, 1.807) is 25.3 Å². The van der Waals surface area contributed by atoms with Crippen LogP contribution >= 0.6 is 43.2 Å². The largest absolute Gasteiger partial charge is 0.506 e. The van der Waals surface area contributed by atoms with Crippen LogP contribution in [0.2, 0.25) is 0 Å². The minimum absolute atomic E-state index is 0.0833. The van der Waals surface area contributed by atoms with Gasteiger partial charge in [0.2, 0.25) is 0 Å². The predicted molar refractivity (Wildman–Crippen MR) is 121 cm³/mol. The van der Waals surface area contributed by atoms with E-state index in [1.807, 2.05) is 36.6 Å². The second-order valence-corrected chi connectivity index (χ2v) is 8.63. The molecule has 0 aliphatic rings. The third kappa shape index (κ3) is 4.54. The molecule has 1 aromatic heterocycles. The Morgan fingerprint density at radius 2 is 1.96 bits per heavy atom. The molecule has 1 heterocycles. The average molecular weight is 523 g/mol. The molecule has 2 aromatic carbocycles. The Bertz CT molecular complexity index is 1040. The molecule has 0 amide bonds. The van der Waals surface area contributed by atoms with Gasteiger partial charge in [0.1, 0.15) is 16.3 Å². The fraction of sp³-hybridized carbons (Fsp3) is 0.143. The SMILES string of the molecule is CCOC(=O)c1c(-c2ccc(C)cc2)csc1/N=C/c1cc(Br)cc(Br)c1O. The summed E-state index contributed by atoms with van der Waals surface area (Å²) in [5, 5.41) is 12.7. The van der Waals surface area contributed by atoms with Crippen molar-refractivity contribution in [1.29, 1.82) is 0 Å². The Morgan fingerprint density at radius 1 is 1.25 bits per heavy atom. The maximum absolute atomic E-state index is 12.6. The Labute approximate surface area is 184 Å². The molecular formula is C21H17Br2NO3S. The molecule has 7 heteroatoms.